The lowest BCUT2D eigenvalue weighted by Gasteiger charge is -2.22. The number of nitrogens with zero attached hydrogens (tertiary/aromatic N) is 3. The number of anilines is 1. The van der Waals surface area contributed by atoms with E-state index < -0.39 is 0 Å². The molecule has 1 saturated carbocycles. The molecule has 19 heavy (non-hydrogen) atoms. The van der Waals surface area contributed by atoms with Crippen LogP contribution in [0.5, 0.6) is 0 Å². The first-order valence-corrected chi connectivity index (χ1v) is 7.87. The lowest BCUT2D eigenvalue weighted by atomic mass is 10.2. The van der Waals surface area contributed by atoms with Gasteiger partial charge in [0.05, 0.1) is 0 Å². The molecule has 1 aliphatic heterocycles. The van der Waals surface area contributed by atoms with E-state index in [0.717, 1.165) is 42.4 Å². The summed E-state index contributed by atoms with van der Waals surface area (Å²) < 4.78 is 0. The van der Waals surface area contributed by atoms with Gasteiger partial charge in [-0.15, -0.1) is 10.2 Å². The lowest BCUT2D eigenvalue weighted by Crippen LogP contribution is -2.44. The number of aromatic nitrogens is 2. The maximum absolute atomic E-state index is 12.2. The predicted octanol–water partition coefficient (Wildman–Crippen LogP) is 1.91. The summed E-state index contributed by atoms with van der Waals surface area (Å²) in [6.07, 6.45) is 4.25. The maximum Gasteiger partial charge on any atom is 0.243 e. The van der Waals surface area contributed by atoms with E-state index >= 15 is 0 Å². The zero-order valence-electron chi connectivity index (χ0n) is 11.4. The van der Waals surface area contributed by atoms with Crippen molar-refractivity contribution in [3.05, 3.63) is 5.01 Å². The molecule has 2 aliphatic rings. The Bertz CT molecular complexity index is 469. The van der Waals surface area contributed by atoms with Crippen molar-refractivity contribution < 1.29 is 4.79 Å². The normalized spacial score (nSPS) is 23.1. The van der Waals surface area contributed by atoms with E-state index in [-0.39, 0.29) is 11.9 Å². The van der Waals surface area contributed by atoms with Crippen LogP contribution in [0.2, 0.25) is 0 Å². The maximum atomic E-state index is 12.2. The van der Waals surface area contributed by atoms with Gasteiger partial charge in [0, 0.05) is 18.5 Å². The summed E-state index contributed by atoms with van der Waals surface area (Å²) in [7, 11) is 0. The van der Waals surface area contributed by atoms with Crippen LogP contribution in [0.15, 0.2) is 0 Å². The molecule has 5 nitrogen and oxygen atoms in total. The lowest BCUT2D eigenvalue weighted by molar-refractivity contribution is -0.122. The van der Waals surface area contributed by atoms with Crippen molar-refractivity contribution in [3.8, 4) is 0 Å². The molecule has 2 heterocycles. The van der Waals surface area contributed by atoms with E-state index in [1.165, 1.54) is 0 Å². The SMILES string of the molecule is CC(C)c1nnc(N2CCC[C@@H]2C(=O)NC2CC2)s1. The second-order valence-electron chi connectivity index (χ2n) is 5.71. The third-order valence-corrected chi connectivity index (χ3v) is 4.91. The molecule has 1 amide bonds. The van der Waals surface area contributed by atoms with E-state index in [1.807, 2.05) is 0 Å². The number of carbonyl (C=O) groups is 1. The molecule has 0 unspecified atom stereocenters. The molecule has 1 N–H and O–H groups in total. The van der Waals surface area contributed by atoms with Crippen LogP contribution < -0.4 is 10.2 Å². The predicted molar refractivity (Wildman–Crippen MR) is 75.5 cm³/mol. The quantitative estimate of drug-likeness (QED) is 0.915. The second-order valence-corrected chi connectivity index (χ2v) is 6.70. The Balaban J connectivity index is 1.72. The van der Waals surface area contributed by atoms with Crippen LogP contribution in [0.1, 0.15) is 50.5 Å². The van der Waals surface area contributed by atoms with Crippen LogP contribution in [-0.4, -0.2) is 34.7 Å². The summed E-state index contributed by atoms with van der Waals surface area (Å²) in [5.41, 5.74) is 0. The van der Waals surface area contributed by atoms with E-state index in [0.29, 0.717) is 12.0 Å². The van der Waals surface area contributed by atoms with Crippen molar-refractivity contribution in [2.24, 2.45) is 0 Å². The first kappa shape index (κ1) is 12.8. The molecule has 104 valence electrons. The molecular formula is C13H20N4OS. The average molecular weight is 280 g/mol. The van der Waals surface area contributed by atoms with Gasteiger partial charge in [-0.25, -0.2) is 0 Å². The summed E-state index contributed by atoms with van der Waals surface area (Å²) in [5, 5.41) is 13.5. The van der Waals surface area contributed by atoms with Crippen LogP contribution in [-0.2, 0) is 4.79 Å². The van der Waals surface area contributed by atoms with Crippen LogP contribution >= 0.6 is 11.3 Å². The minimum absolute atomic E-state index is 0.0476. The molecule has 0 spiro atoms. The molecular weight excluding hydrogens is 260 g/mol. The van der Waals surface area contributed by atoms with E-state index in [1.54, 1.807) is 11.3 Å². The monoisotopic (exact) mass is 280 g/mol. The van der Waals surface area contributed by atoms with Gasteiger partial charge >= 0.3 is 0 Å². The van der Waals surface area contributed by atoms with Gasteiger partial charge in [-0.2, -0.15) is 0 Å². The summed E-state index contributed by atoms with van der Waals surface area (Å²) in [6, 6.07) is 0.379. The standard InChI is InChI=1S/C13H20N4OS/c1-8(2)12-15-16-13(19-12)17-7-3-4-10(17)11(18)14-9-5-6-9/h8-10H,3-7H2,1-2H3,(H,14,18)/t10-/m1/s1. The first-order valence-electron chi connectivity index (χ1n) is 7.05. The fraction of sp³-hybridized carbons (Fsp3) is 0.769. The van der Waals surface area contributed by atoms with Crippen molar-refractivity contribution in [1.29, 1.82) is 0 Å². The Kier molecular flexibility index (Phi) is 3.43. The number of nitrogens with one attached hydrogen (secondary N) is 1. The first-order chi connectivity index (χ1) is 9.15. The Morgan fingerprint density at radius 1 is 1.37 bits per heavy atom. The smallest absolute Gasteiger partial charge is 0.243 e. The van der Waals surface area contributed by atoms with Crippen molar-refractivity contribution >= 4 is 22.4 Å². The highest BCUT2D eigenvalue weighted by Crippen LogP contribution is 2.31. The Hall–Kier alpha value is -1.17. The number of carbonyl (C=O) groups excluding carboxylic acids is 1. The number of rotatable bonds is 4. The molecule has 3 rings (SSSR count). The molecule has 1 aromatic rings. The summed E-state index contributed by atoms with van der Waals surface area (Å²) in [4.78, 5) is 14.4. The summed E-state index contributed by atoms with van der Waals surface area (Å²) in [6.45, 7) is 5.15. The van der Waals surface area contributed by atoms with Gasteiger partial charge < -0.3 is 10.2 Å². The average Bonchev–Trinajstić information content (AvgIpc) is 2.92. The molecule has 0 radical (unpaired) electrons. The molecule has 1 atom stereocenters. The zero-order chi connectivity index (χ0) is 13.4. The fourth-order valence-corrected chi connectivity index (χ4v) is 3.29. The molecule has 0 aromatic carbocycles. The molecule has 6 heteroatoms. The molecule has 2 fully saturated rings. The van der Waals surface area contributed by atoms with Crippen molar-refractivity contribution in [2.75, 3.05) is 11.4 Å². The fourth-order valence-electron chi connectivity index (χ4n) is 2.37. The Labute approximate surface area is 117 Å². The van der Waals surface area contributed by atoms with Crippen LogP contribution in [0, 0.1) is 0 Å². The molecule has 1 aliphatic carbocycles. The third kappa shape index (κ3) is 2.73. The van der Waals surface area contributed by atoms with Gasteiger partial charge in [-0.3, -0.25) is 4.79 Å². The van der Waals surface area contributed by atoms with Crippen molar-refractivity contribution in [3.63, 3.8) is 0 Å². The van der Waals surface area contributed by atoms with Crippen molar-refractivity contribution in [1.82, 2.24) is 15.5 Å². The molecule has 1 aromatic heterocycles. The van der Waals surface area contributed by atoms with E-state index in [4.69, 9.17) is 0 Å². The highest BCUT2D eigenvalue weighted by atomic mass is 32.1. The molecule has 0 bridgehead atoms. The summed E-state index contributed by atoms with van der Waals surface area (Å²) >= 11 is 1.62. The zero-order valence-corrected chi connectivity index (χ0v) is 12.2. The number of amides is 1. The molecule has 1 saturated heterocycles. The van der Waals surface area contributed by atoms with Crippen LogP contribution in [0.25, 0.3) is 0 Å². The summed E-state index contributed by atoms with van der Waals surface area (Å²) in [5.74, 6) is 0.564. The second kappa shape index (κ2) is 5.07. The van der Waals surface area contributed by atoms with Crippen LogP contribution in [0.3, 0.4) is 0 Å². The van der Waals surface area contributed by atoms with Gasteiger partial charge in [0.25, 0.3) is 0 Å². The minimum Gasteiger partial charge on any atom is -0.352 e. The van der Waals surface area contributed by atoms with Gasteiger partial charge in [0.2, 0.25) is 11.0 Å². The van der Waals surface area contributed by atoms with E-state index in [2.05, 4.69) is 34.3 Å². The van der Waals surface area contributed by atoms with Crippen molar-refractivity contribution in [2.45, 2.75) is 57.5 Å². The topological polar surface area (TPSA) is 58.1 Å². The highest BCUT2D eigenvalue weighted by molar-refractivity contribution is 7.15. The van der Waals surface area contributed by atoms with E-state index in [9.17, 15) is 4.79 Å². The van der Waals surface area contributed by atoms with Gasteiger partial charge in [0.1, 0.15) is 11.0 Å². The Morgan fingerprint density at radius 3 is 2.79 bits per heavy atom. The number of hydrogen-bond acceptors (Lipinski definition) is 5. The van der Waals surface area contributed by atoms with Gasteiger partial charge in [-0.05, 0) is 25.7 Å². The largest absolute Gasteiger partial charge is 0.352 e. The van der Waals surface area contributed by atoms with Gasteiger partial charge in [0.15, 0.2) is 0 Å². The van der Waals surface area contributed by atoms with Crippen LogP contribution in [0.4, 0.5) is 5.13 Å². The number of hydrogen-bond donors (Lipinski definition) is 1. The van der Waals surface area contributed by atoms with Gasteiger partial charge in [-0.1, -0.05) is 25.2 Å². The Morgan fingerprint density at radius 2 is 2.16 bits per heavy atom. The highest BCUT2D eigenvalue weighted by Gasteiger charge is 2.35. The minimum atomic E-state index is -0.0476. The third-order valence-electron chi connectivity index (χ3n) is 3.65.